The third-order valence-electron chi connectivity index (χ3n) is 3.53. The van der Waals surface area contributed by atoms with Gasteiger partial charge in [-0.1, -0.05) is 12.1 Å². The monoisotopic (exact) mass is 217 g/mol. The molecular formula is C14H19NO. The maximum atomic E-state index is 5.73. The number of hydrogen-bond acceptors (Lipinski definition) is 2. The molecule has 1 saturated heterocycles. The Hall–Kier alpha value is -1.02. The zero-order chi connectivity index (χ0) is 10.8. The van der Waals surface area contributed by atoms with E-state index in [-0.39, 0.29) is 0 Å². The first-order chi connectivity index (χ1) is 7.92. The highest BCUT2D eigenvalue weighted by Crippen LogP contribution is 2.30. The maximum Gasteiger partial charge on any atom is 0.119 e. The molecule has 0 aromatic heterocycles. The van der Waals surface area contributed by atoms with Crippen molar-refractivity contribution in [2.45, 2.75) is 31.7 Å². The van der Waals surface area contributed by atoms with Crippen molar-refractivity contribution in [2.24, 2.45) is 5.92 Å². The molecular weight excluding hydrogens is 198 g/mol. The molecule has 2 heteroatoms. The van der Waals surface area contributed by atoms with Crippen LogP contribution in [0.15, 0.2) is 24.3 Å². The summed E-state index contributed by atoms with van der Waals surface area (Å²) >= 11 is 0. The minimum Gasteiger partial charge on any atom is -0.493 e. The molecule has 86 valence electrons. The Morgan fingerprint density at radius 2 is 1.94 bits per heavy atom. The van der Waals surface area contributed by atoms with Crippen molar-refractivity contribution in [2.75, 3.05) is 13.2 Å². The van der Waals surface area contributed by atoms with E-state index in [1.165, 1.54) is 31.2 Å². The topological polar surface area (TPSA) is 21.3 Å². The van der Waals surface area contributed by atoms with Crippen molar-refractivity contribution < 1.29 is 4.74 Å². The molecule has 0 amide bonds. The second-order valence-electron chi connectivity index (χ2n) is 4.97. The maximum absolute atomic E-state index is 5.73. The molecule has 1 atom stereocenters. The standard InChI is InChI=1S/C14H19NO/c1-2-14(15-9-1)12-5-7-13(8-6-12)16-10-11-3-4-11/h5-8,11,14-15H,1-4,9-10H2. The predicted octanol–water partition coefficient (Wildman–Crippen LogP) is 2.90. The van der Waals surface area contributed by atoms with Crippen molar-refractivity contribution in [3.05, 3.63) is 29.8 Å². The van der Waals surface area contributed by atoms with Crippen LogP contribution >= 0.6 is 0 Å². The summed E-state index contributed by atoms with van der Waals surface area (Å²) in [5.74, 6) is 1.85. The van der Waals surface area contributed by atoms with Gasteiger partial charge in [-0.15, -0.1) is 0 Å². The van der Waals surface area contributed by atoms with E-state index in [1.807, 2.05) is 0 Å². The predicted molar refractivity (Wildman–Crippen MR) is 64.6 cm³/mol. The van der Waals surface area contributed by atoms with E-state index in [4.69, 9.17) is 4.74 Å². The molecule has 1 saturated carbocycles. The van der Waals surface area contributed by atoms with E-state index < -0.39 is 0 Å². The Morgan fingerprint density at radius 3 is 2.56 bits per heavy atom. The zero-order valence-corrected chi connectivity index (χ0v) is 9.61. The summed E-state index contributed by atoms with van der Waals surface area (Å²) in [4.78, 5) is 0. The van der Waals surface area contributed by atoms with Gasteiger partial charge in [0.1, 0.15) is 5.75 Å². The minimum atomic E-state index is 0.567. The summed E-state index contributed by atoms with van der Waals surface area (Å²) < 4.78 is 5.73. The van der Waals surface area contributed by atoms with E-state index in [0.717, 1.165) is 24.8 Å². The molecule has 0 spiro atoms. The normalized spacial score (nSPS) is 24.6. The molecule has 16 heavy (non-hydrogen) atoms. The molecule has 2 nitrogen and oxygen atoms in total. The summed E-state index contributed by atoms with van der Waals surface area (Å²) in [6.07, 6.45) is 5.26. The molecule has 3 rings (SSSR count). The van der Waals surface area contributed by atoms with E-state index >= 15 is 0 Å². The first-order valence-corrected chi connectivity index (χ1v) is 6.38. The van der Waals surface area contributed by atoms with Crippen LogP contribution < -0.4 is 10.1 Å². The minimum absolute atomic E-state index is 0.567. The van der Waals surface area contributed by atoms with E-state index in [1.54, 1.807) is 0 Å². The Balaban J connectivity index is 1.59. The lowest BCUT2D eigenvalue weighted by Gasteiger charge is -2.11. The van der Waals surface area contributed by atoms with E-state index in [2.05, 4.69) is 29.6 Å². The molecule has 2 aliphatic rings. The first-order valence-electron chi connectivity index (χ1n) is 6.38. The van der Waals surface area contributed by atoms with Gasteiger partial charge in [-0.05, 0) is 55.8 Å². The van der Waals surface area contributed by atoms with Crippen LogP contribution in [-0.2, 0) is 0 Å². The van der Waals surface area contributed by atoms with E-state index in [0.29, 0.717) is 6.04 Å². The van der Waals surface area contributed by atoms with Crippen molar-refractivity contribution in [1.29, 1.82) is 0 Å². The van der Waals surface area contributed by atoms with Gasteiger partial charge in [0.25, 0.3) is 0 Å². The second kappa shape index (κ2) is 4.46. The molecule has 1 aliphatic heterocycles. The number of nitrogens with one attached hydrogen (secondary N) is 1. The third kappa shape index (κ3) is 2.38. The van der Waals surface area contributed by atoms with Gasteiger partial charge in [-0.25, -0.2) is 0 Å². The lowest BCUT2D eigenvalue weighted by atomic mass is 10.1. The average molecular weight is 217 g/mol. The summed E-state index contributed by atoms with van der Waals surface area (Å²) in [5.41, 5.74) is 1.40. The highest BCUT2D eigenvalue weighted by molar-refractivity contribution is 5.29. The fraction of sp³-hybridized carbons (Fsp3) is 0.571. The highest BCUT2D eigenvalue weighted by Gasteiger charge is 2.22. The first kappa shape index (κ1) is 10.2. The van der Waals surface area contributed by atoms with Gasteiger partial charge in [-0.3, -0.25) is 0 Å². The molecule has 2 fully saturated rings. The van der Waals surface area contributed by atoms with Gasteiger partial charge in [0.2, 0.25) is 0 Å². The van der Waals surface area contributed by atoms with Crippen molar-refractivity contribution in [3.8, 4) is 5.75 Å². The summed E-state index contributed by atoms with van der Waals surface area (Å²) in [5, 5.41) is 3.51. The third-order valence-corrected chi connectivity index (χ3v) is 3.53. The van der Waals surface area contributed by atoms with Gasteiger partial charge in [0, 0.05) is 6.04 Å². The lowest BCUT2D eigenvalue weighted by molar-refractivity contribution is 0.299. The Morgan fingerprint density at radius 1 is 1.12 bits per heavy atom. The van der Waals surface area contributed by atoms with E-state index in [9.17, 15) is 0 Å². The number of rotatable bonds is 4. The molecule has 1 aromatic carbocycles. The Kier molecular flexibility index (Phi) is 2.83. The Labute approximate surface area is 97.0 Å². The smallest absolute Gasteiger partial charge is 0.119 e. The SMILES string of the molecule is c1cc(C2CCCN2)ccc1OCC1CC1. The number of ether oxygens (including phenoxy) is 1. The summed E-state index contributed by atoms with van der Waals surface area (Å²) in [7, 11) is 0. The van der Waals surface area contributed by atoms with Crippen LogP contribution in [0, 0.1) is 5.92 Å². The molecule has 1 aliphatic carbocycles. The highest BCUT2D eigenvalue weighted by atomic mass is 16.5. The van der Waals surface area contributed by atoms with Crippen LogP contribution in [0.3, 0.4) is 0 Å². The Bertz CT molecular complexity index is 336. The zero-order valence-electron chi connectivity index (χ0n) is 9.61. The van der Waals surface area contributed by atoms with Gasteiger partial charge in [0.15, 0.2) is 0 Å². The summed E-state index contributed by atoms with van der Waals surface area (Å²) in [6.45, 7) is 2.06. The quantitative estimate of drug-likeness (QED) is 0.837. The van der Waals surface area contributed by atoms with Crippen LogP contribution in [0.5, 0.6) is 5.75 Å². The van der Waals surface area contributed by atoms with Crippen LogP contribution in [0.4, 0.5) is 0 Å². The van der Waals surface area contributed by atoms with Gasteiger partial charge in [-0.2, -0.15) is 0 Å². The molecule has 1 unspecified atom stereocenters. The molecule has 1 heterocycles. The van der Waals surface area contributed by atoms with Crippen LogP contribution in [0.25, 0.3) is 0 Å². The molecule has 1 aromatic rings. The van der Waals surface area contributed by atoms with Crippen molar-refractivity contribution >= 4 is 0 Å². The van der Waals surface area contributed by atoms with Gasteiger partial charge >= 0.3 is 0 Å². The van der Waals surface area contributed by atoms with Crippen LogP contribution in [0.2, 0.25) is 0 Å². The average Bonchev–Trinajstić information content (AvgIpc) is 3.00. The fourth-order valence-corrected chi connectivity index (χ4v) is 2.26. The molecule has 1 N–H and O–H groups in total. The lowest BCUT2D eigenvalue weighted by Crippen LogP contribution is -2.12. The number of hydrogen-bond donors (Lipinski definition) is 1. The van der Waals surface area contributed by atoms with Gasteiger partial charge < -0.3 is 10.1 Å². The van der Waals surface area contributed by atoms with Crippen molar-refractivity contribution in [3.63, 3.8) is 0 Å². The fourth-order valence-electron chi connectivity index (χ4n) is 2.26. The largest absolute Gasteiger partial charge is 0.493 e. The second-order valence-corrected chi connectivity index (χ2v) is 4.97. The molecule has 0 bridgehead atoms. The van der Waals surface area contributed by atoms with Crippen LogP contribution in [0.1, 0.15) is 37.3 Å². The van der Waals surface area contributed by atoms with Crippen LogP contribution in [-0.4, -0.2) is 13.2 Å². The summed E-state index contributed by atoms with van der Waals surface area (Å²) in [6, 6.07) is 9.18. The molecule has 0 radical (unpaired) electrons. The number of benzene rings is 1. The van der Waals surface area contributed by atoms with Gasteiger partial charge in [0.05, 0.1) is 6.61 Å². The van der Waals surface area contributed by atoms with Crippen molar-refractivity contribution in [1.82, 2.24) is 5.32 Å².